The molecule has 0 aromatic carbocycles. The fourth-order valence-electron chi connectivity index (χ4n) is 0.742. The van der Waals surface area contributed by atoms with Crippen LogP contribution in [0.25, 0.3) is 0 Å². The second-order valence-electron chi connectivity index (χ2n) is 2.33. The Bertz CT molecular complexity index is 314. The standard InChI is InChI=1S/C7H8BrN3O/c1-4-2-5(8)6(10-3-4)11-7(9)12/h2-3H,1H3,(H3,9,10,11,12). The largest absolute Gasteiger partial charge is 0.351 e. The SMILES string of the molecule is Cc1cnc(NC(N)=O)c(Br)c1. The molecule has 4 nitrogen and oxygen atoms in total. The molecule has 0 saturated carbocycles. The predicted molar refractivity (Wildman–Crippen MR) is 49.9 cm³/mol. The highest BCUT2D eigenvalue weighted by atomic mass is 79.9. The van der Waals surface area contributed by atoms with Gasteiger partial charge in [0, 0.05) is 6.20 Å². The van der Waals surface area contributed by atoms with Gasteiger partial charge in [-0.1, -0.05) is 0 Å². The lowest BCUT2D eigenvalue weighted by Crippen LogP contribution is -2.20. The van der Waals surface area contributed by atoms with Gasteiger partial charge in [0.25, 0.3) is 0 Å². The quantitative estimate of drug-likeness (QED) is 0.769. The molecule has 0 saturated heterocycles. The normalized spacial score (nSPS) is 9.50. The summed E-state index contributed by atoms with van der Waals surface area (Å²) in [5, 5.41) is 2.38. The molecule has 0 aliphatic carbocycles. The van der Waals surface area contributed by atoms with Crippen molar-refractivity contribution in [2.75, 3.05) is 5.32 Å². The minimum atomic E-state index is -0.618. The summed E-state index contributed by atoms with van der Waals surface area (Å²) in [5.74, 6) is 0.438. The van der Waals surface area contributed by atoms with Crippen LogP contribution < -0.4 is 11.1 Å². The molecule has 3 N–H and O–H groups in total. The molecule has 1 aromatic heterocycles. The van der Waals surface area contributed by atoms with Crippen molar-refractivity contribution in [1.29, 1.82) is 0 Å². The number of carbonyl (C=O) groups excluding carboxylic acids is 1. The zero-order valence-corrected chi connectivity index (χ0v) is 8.05. The van der Waals surface area contributed by atoms with E-state index in [0.29, 0.717) is 5.82 Å². The van der Waals surface area contributed by atoms with Crippen molar-refractivity contribution in [2.45, 2.75) is 6.92 Å². The van der Waals surface area contributed by atoms with E-state index < -0.39 is 6.03 Å². The Balaban J connectivity index is 2.93. The van der Waals surface area contributed by atoms with E-state index in [1.54, 1.807) is 6.20 Å². The predicted octanol–water partition coefficient (Wildman–Crippen LogP) is 1.64. The van der Waals surface area contributed by atoms with Gasteiger partial charge in [-0.2, -0.15) is 0 Å². The molecule has 0 radical (unpaired) electrons. The molecule has 0 atom stereocenters. The fourth-order valence-corrected chi connectivity index (χ4v) is 1.30. The maximum atomic E-state index is 10.5. The topological polar surface area (TPSA) is 68.0 Å². The zero-order valence-electron chi connectivity index (χ0n) is 6.47. The third kappa shape index (κ3) is 2.20. The molecule has 0 aliphatic heterocycles. The zero-order chi connectivity index (χ0) is 9.14. The highest BCUT2D eigenvalue weighted by molar-refractivity contribution is 9.10. The van der Waals surface area contributed by atoms with E-state index >= 15 is 0 Å². The molecule has 0 aliphatic rings. The lowest BCUT2D eigenvalue weighted by Gasteiger charge is -2.03. The van der Waals surface area contributed by atoms with Crippen LogP contribution in [0.15, 0.2) is 16.7 Å². The molecule has 1 rings (SSSR count). The summed E-state index contributed by atoms with van der Waals surface area (Å²) in [7, 11) is 0. The Labute approximate surface area is 78.3 Å². The minimum Gasteiger partial charge on any atom is -0.351 e. The number of nitrogens with zero attached hydrogens (tertiary/aromatic N) is 1. The molecule has 0 unspecified atom stereocenters. The van der Waals surface area contributed by atoms with Crippen molar-refractivity contribution < 1.29 is 4.79 Å². The van der Waals surface area contributed by atoms with Crippen LogP contribution in [-0.2, 0) is 0 Å². The number of anilines is 1. The van der Waals surface area contributed by atoms with Gasteiger partial charge in [-0.05, 0) is 34.5 Å². The van der Waals surface area contributed by atoms with Gasteiger partial charge >= 0.3 is 6.03 Å². The number of halogens is 1. The number of amides is 2. The highest BCUT2D eigenvalue weighted by Gasteiger charge is 2.02. The molecule has 64 valence electrons. The molecule has 12 heavy (non-hydrogen) atoms. The van der Waals surface area contributed by atoms with Crippen LogP contribution >= 0.6 is 15.9 Å². The van der Waals surface area contributed by atoms with E-state index in [1.165, 1.54) is 0 Å². The number of nitrogens with one attached hydrogen (secondary N) is 1. The maximum Gasteiger partial charge on any atom is 0.317 e. The van der Waals surface area contributed by atoms with Crippen LogP contribution in [-0.4, -0.2) is 11.0 Å². The number of pyridine rings is 1. The van der Waals surface area contributed by atoms with Gasteiger partial charge in [0.2, 0.25) is 0 Å². The molecule has 1 heterocycles. The first-order valence-electron chi connectivity index (χ1n) is 3.28. The highest BCUT2D eigenvalue weighted by Crippen LogP contribution is 2.19. The van der Waals surface area contributed by atoms with Crippen molar-refractivity contribution in [2.24, 2.45) is 5.73 Å². The Kier molecular flexibility index (Phi) is 2.65. The average molecular weight is 230 g/mol. The number of carbonyl (C=O) groups is 1. The molecule has 0 spiro atoms. The summed E-state index contributed by atoms with van der Waals surface area (Å²) in [6.45, 7) is 1.91. The first-order valence-corrected chi connectivity index (χ1v) is 4.07. The first kappa shape index (κ1) is 8.99. The summed E-state index contributed by atoms with van der Waals surface area (Å²) in [5.41, 5.74) is 5.93. The van der Waals surface area contributed by atoms with Gasteiger partial charge in [0.15, 0.2) is 0 Å². The van der Waals surface area contributed by atoms with Gasteiger partial charge < -0.3 is 5.73 Å². The van der Waals surface area contributed by atoms with Gasteiger partial charge in [-0.15, -0.1) is 0 Å². The van der Waals surface area contributed by atoms with Crippen molar-refractivity contribution >= 4 is 27.8 Å². The van der Waals surface area contributed by atoms with E-state index in [4.69, 9.17) is 5.73 Å². The van der Waals surface area contributed by atoms with Gasteiger partial charge in [0.05, 0.1) is 4.47 Å². The molecular formula is C7H8BrN3O. The van der Waals surface area contributed by atoms with E-state index in [0.717, 1.165) is 10.0 Å². The third-order valence-corrected chi connectivity index (χ3v) is 1.82. The van der Waals surface area contributed by atoms with Crippen molar-refractivity contribution in [3.63, 3.8) is 0 Å². The number of primary amides is 1. The van der Waals surface area contributed by atoms with E-state index in [2.05, 4.69) is 26.2 Å². The van der Waals surface area contributed by atoms with Crippen LogP contribution in [0.5, 0.6) is 0 Å². The number of hydrogen-bond donors (Lipinski definition) is 2. The lowest BCUT2D eigenvalue weighted by atomic mass is 10.3. The van der Waals surface area contributed by atoms with Crippen LogP contribution in [0.2, 0.25) is 0 Å². The Morgan fingerprint density at radius 2 is 2.42 bits per heavy atom. The summed E-state index contributed by atoms with van der Waals surface area (Å²) < 4.78 is 0.723. The van der Waals surface area contributed by atoms with E-state index in [1.807, 2.05) is 13.0 Å². The van der Waals surface area contributed by atoms with Crippen LogP contribution in [0.1, 0.15) is 5.56 Å². The van der Waals surface area contributed by atoms with Crippen molar-refractivity contribution in [3.05, 3.63) is 22.3 Å². The van der Waals surface area contributed by atoms with Gasteiger partial charge in [0.1, 0.15) is 5.82 Å². The number of urea groups is 1. The molecule has 1 aromatic rings. The monoisotopic (exact) mass is 229 g/mol. The Morgan fingerprint density at radius 1 is 1.75 bits per heavy atom. The number of nitrogens with two attached hydrogens (primary N) is 1. The van der Waals surface area contributed by atoms with Crippen molar-refractivity contribution in [3.8, 4) is 0 Å². The maximum absolute atomic E-state index is 10.5. The molecule has 5 heteroatoms. The van der Waals surface area contributed by atoms with Crippen LogP contribution in [0.3, 0.4) is 0 Å². The Morgan fingerprint density at radius 3 is 2.92 bits per heavy atom. The van der Waals surface area contributed by atoms with Crippen LogP contribution in [0.4, 0.5) is 10.6 Å². The number of aryl methyl sites for hydroxylation is 1. The average Bonchev–Trinajstić information content (AvgIpc) is 1.94. The summed E-state index contributed by atoms with van der Waals surface area (Å²) in [4.78, 5) is 14.4. The molecule has 0 fully saturated rings. The first-order chi connectivity index (χ1) is 5.59. The molecule has 0 bridgehead atoms. The molecule has 2 amide bonds. The number of aromatic nitrogens is 1. The molecular weight excluding hydrogens is 222 g/mol. The second-order valence-corrected chi connectivity index (χ2v) is 3.19. The van der Waals surface area contributed by atoms with Crippen molar-refractivity contribution in [1.82, 2.24) is 4.98 Å². The van der Waals surface area contributed by atoms with Crippen LogP contribution in [0, 0.1) is 6.92 Å². The summed E-state index contributed by atoms with van der Waals surface area (Å²) in [6.07, 6.45) is 1.65. The minimum absolute atomic E-state index is 0.438. The Hall–Kier alpha value is -1.10. The number of hydrogen-bond acceptors (Lipinski definition) is 2. The third-order valence-electron chi connectivity index (χ3n) is 1.22. The number of rotatable bonds is 1. The van der Waals surface area contributed by atoms with Gasteiger partial charge in [-0.3, -0.25) is 5.32 Å². The summed E-state index contributed by atoms with van der Waals surface area (Å²) in [6, 6.07) is 1.23. The van der Waals surface area contributed by atoms with E-state index in [-0.39, 0.29) is 0 Å². The van der Waals surface area contributed by atoms with E-state index in [9.17, 15) is 4.79 Å². The smallest absolute Gasteiger partial charge is 0.317 e. The lowest BCUT2D eigenvalue weighted by molar-refractivity contribution is 0.259. The second kappa shape index (κ2) is 3.53. The summed E-state index contributed by atoms with van der Waals surface area (Å²) >= 11 is 3.24. The fraction of sp³-hybridized carbons (Fsp3) is 0.143. The van der Waals surface area contributed by atoms with Gasteiger partial charge in [-0.25, -0.2) is 9.78 Å².